The van der Waals surface area contributed by atoms with Crippen LogP contribution in [-0.4, -0.2) is 30.7 Å². The zero-order chi connectivity index (χ0) is 13.2. The number of hydrogen-bond acceptors (Lipinski definition) is 3. The topological polar surface area (TPSA) is 64.3 Å². The minimum atomic E-state index is -0.502. The molecule has 1 aliphatic heterocycles. The molecule has 4 atom stereocenters. The Morgan fingerprint density at radius 1 is 1.39 bits per heavy atom. The van der Waals surface area contributed by atoms with E-state index in [0.29, 0.717) is 11.8 Å². The van der Waals surface area contributed by atoms with E-state index < -0.39 is 5.54 Å². The van der Waals surface area contributed by atoms with Crippen molar-refractivity contribution in [2.45, 2.75) is 57.6 Å². The number of ether oxygens (including phenoxy) is 1. The molecule has 2 aliphatic rings. The number of primary amides is 1. The Hall–Kier alpha value is -0.610. The van der Waals surface area contributed by atoms with Crippen molar-refractivity contribution in [2.24, 2.45) is 17.6 Å². The van der Waals surface area contributed by atoms with Gasteiger partial charge in [0.05, 0.1) is 11.6 Å². The number of carbonyl (C=O) groups excluding carboxylic acids is 1. The molecule has 3 N–H and O–H groups in total. The lowest BCUT2D eigenvalue weighted by Crippen LogP contribution is -2.59. The number of nitrogens with one attached hydrogen (secondary N) is 1. The van der Waals surface area contributed by atoms with Crippen molar-refractivity contribution in [1.82, 2.24) is 5.32 Å². The van der Waals surface area contributed by atoms with Crippen LogP contribution in [0.5, 0.6) is 0 Å². The van der Waals surface area contributed by atoms with Crippen LogP contribution in [-0.2, 0) is 9.53 Å². The lowest BCUT2D eigenvalue weighted by atomic mass is 9.71. The summed E-state index contributed by atoms with van der Waals surface area (Å²) in [7, 11) is 0. The third-order valence-electron chi connectivity index (χ3n) is 4.83. The molecule has 4 nitrogen and oxygen atoms in total. The third-order valence-corrected chi connectivity index (χ3v) is 4.83. The van der Waals surface area contributed by atoms with Crippen molar-refractivity contribution in [3.05, 3.63) is 0 Å². The van der Waals surface area contributed by atoms with Crippen LogP contribution in [0.2, 0.25) is 0 Å². The highest BCUT2D eigenvalue weighted by Crippen LogP contribution is 2.36. The Bertz CT molecular complexity index is 302. The lowest BCUT2D eigenvalue weighted by Gasteiger charge is -2.41. The van der Waals surface area contributed by atoms with E-state index >= 15 is 0 Å². The minimum Gasteiger partial charge on any atom is -0.377 e. The fourth-order valence-corrected chi connectivity index (χ4v) is 3.20. The second-order valence-electron chi connectivity index (χ2n) is 6.16. The largest absolute Gasteiger partial charge is 0.377 e. The molecule has 104 valence electrons. The van der Waals surface area contributed by atoms with Crippen molar-refractivity contribution in [3.8, 4) is 0 Å². The fraction of sp³-hybridized carbons (Fsp3) is 0.929. The summed E-state index contributed by atoms with van der Waals surface area (Å²) in [6.45, 7) is 6.08. The van der Waals surface area contributed by atoms with Crippen molar-refractivity contribution < 1.29 is 9.53 Å². The molecule has 1 saturated carbocycles. The van der Waals surface area contributed by atoms with E-state index in [2.05, 4.69) is 19.2 Å². The smallest absolute Gasteiger partial charge is 0.237 e. The molecule has 1 heterocycles. The third kappa shape index (κ3) is 2.86. The monoisotopic (exact) mass is 254 g/mol. The van der Waals surface area contributed by atoms with Gasteiger partial charge in [0.1, 0.15) is 0 Å². The van der Waals surface area contributed by atoms with Gasteiger partial charge in [-0.3, -0.25) is 4.79 Å². The van der Waals surface area contributed by atoms with E-state index in [4.69, 9.17) is 10.5 Å². The van der Waals surface area contributed by atoms with Gasteiger partial charge in [-0.1, -0.05) is 13.8 Å². The predicted octanol–water partition coefficient (Wildman–Crippen LogP) is 1.44. The number of hydrogen-bond donors (Lipinski definition) is 2. The molecule has 0 bridgehead atoms. The molecule has 4 heteroatoms. The number of amides is 1. The van der Waals surface area contributed by atoms with Gasteiger partial charge < -0.3 is 15.8 Å². The normalized spacial score (nSPS) is 40.9. The van der Waals surface area contributed by atoms with Gasteiger partial charge in [0.25, 0.3) is 0 Å². The molecule has 4 unspecified atom stereocenters. The van der Waals surface area contributed by atoms with E-state index in [1.165, 1.54) is 0 Å². The summed E-state index contributed by atoms with van der Waals surface area (Å²) in [5.74, 6) is 1.03. The average Bonchev–Trinajstić information content (AvgIpc) is 2.84. The van der Waals surface area contributed by atoms with Crippen LogP contribution >= 0.6 is 0 Å². The molecule has 18 heavy (non-hydrogen) atoms. The van der Waals surface area contributed by atoms with E-state index in [1.54, 1.807) is 0 Å². The zero-order valence-electron chi connectivity index (χ0n) is 11.6. The quantitative estimate of drug-likeness (QED) is 0.798. The first-order valence-electron chi connectivity index (χ1n) is 7.20. The summed E-state index contributed by atoms with van der Waals surface area (Å²) >= 11 is 0. The first-order valence-corrected chi connectivity index (χ1v) is 7.20. The molecule has 0 radical (unpaired) electrons. The van der Waals surface area contributed by atoms with E-state index in [0.717, 1.165) is 45.3 Å². The second-order valence-corrected chi connectivity index (χ2v) is 6.16. The van der Waals surface area contributed by atoms with Gasteiger partial charge >= 0.3 is 0 Å². The van der Waals surface area contributed by atoms with E-state index in [-0.39, 0.29) is 12.0 Å². The van der Waals surface area contributed by atoms with Crippen LogP contribution in [0.3, 0.4) is 0 Å². The summed E-state index contributed by atoms with van der Waals surface area (Å²) in [5.41, 5.74) is 5.15. The minimum absolute atomic E-state index is 0.195. The molecule has 0 spiro atoms. The number of carbonyl (C=O) groups is 1. The fourth-order valence-electron chi connectivity index (χ4n) is 3.20. The molecule has 1 saturated heterocycles. The highest BCUT2D eigenvalue weighted by molar-refractivity contribution is 5.84. The van der Waals surface area contributed by atoms with Crippen molar-refractivity contribution in [2.75, 3.05) is 13.2 Å². The van der Waals surface area contributed by atoms with Gasteiger partial charge in [-0.25, -0.2) is 0 Å². The SMILES string of the molecule is CC1CCC(NCC2CCCO2)(C(N)=O)CC1C. The van der Waals surface area contributed by atoms with Gasteiger partial charge in [0.2, 0.25) is 5.91 Å². The molecule has 2 fully saturated rings. The highest BCUT2D eigenvalue weighted by Gasteiger charge is 2.42. The standard InChI is InChI=1S/C14H26N2O2/c1-10-5-6-14(13(15)17,8-11(10)2)16-9-12-4-3-7-18-12/h10-12,16H,3-9H2,1-2H3,(H2,15,17). The van der Waals surface area contributed by atoms with Crippen molar-refractivity contribution in [3.63, 3.8) is 0 Å². The molecule has 0 aromatic carbocycles. The maximum Gasteiger partial charge on any atom is 0.237 e. The average molecular weight is 254 g/mol. The Balaban J connectivity index is 1.96. The Labute approximate surface area is 110 Å². The molecule has 0 aromatic heterocycles. The van der Waals surface area contributed by atoms with Crippen LogP contribution in [0, 0.1) is 11.8 Å². The van der Waals surface area contributed by atoms with Gasteiger partial charge in [-0.05, 0) is 43.9 Å². The van der Waals surface area contributed by atoms with Gasteiger partial charge in [-0.2, -0.15) is 0 Å². The zero-order valence-corrected chi connectivity index (χ0v) is 11.6. The van der Waals surface area contributed by atoms with Gasteiger partial charge in [-0.15, -0.1) is 0 Å². The predicted molar refractivity (Wildman–Crippen MR) is 71.1 cm³/mol. The van der Waals surface area contributed by atoms with Gasteiger partial charge in [0.15, 0.2) is 0 Å². The van der Waals surface area contributed by atoms with Crippen molar-refractivity contribution in [1.29, 1.82) is 0 Å². The Morgan fingerprint density at radius 2 is 2.17 bits per heavy atom. The first-order chi connectivity index (χ1) is 8.53. The van der Waals surface area contributed by atoms with Crippen LogP contribution in [0.25, 0.3) is 0 Å². The number of nitrogens with two attached hydrogens (primary N) is 1. The van der Waals surface area contributed by atoms with Crippen LogP contribution in [0.1, 0.15) is 46.0 Å². The van der Waals surface area contributed by atoms with Crippen LogP contribution in [0.4, 0.5) is 0 Å². The summed E-state index contributed by atoms with van der Waals surface area (Å²) in [6, 6.07) is 0. The molecule has 1 amide bonds. The summed E-state index contributed by atoms with van der Waals surface area (Å²) in [6.07, 6.45) is 5.27. The molecule has 1 aliphatic carbocycles. The molecule has 2 rings (SSSR count). The molecular weight excluding hydrogens is 228 g/mol. The second kappa shape index (κ2) is 5.57. The molecular formula is C14H26N2O2. The number of rotatable bonds is 4. The Morgan fingerprint density at radius 3 is 2.72 bits per heavy atom. The summed E-state index contributed by atoms with van der Waals surface area (Å²) in [4.78, 5) is 11.9. The van der Waals surface area contributed by atoms with Crippen LogP contribution < -0.4 is 11.1 Å². The summed E-state index contributed by atoms with van der Waals surface area (Å²) in [5, 5.41) is 3.43. The van der Waals surface area contributed by atoms with Crippen molar-refractivity contribution >= 4 is 5.91 Å². The maximum absolute atomic E-state index is 11.9. The highest BCUT2D eigenvalue weighted by atomic mass is 16.5. The van der Waals surface area contributed by atoms with Crippen LogP contribution in [0.15, 0.2) is 0 Å². The summed E-state index contributed by atoms with van der Waals surface area (Å²) < 4.78 is 5.60. The maximum atomic E-state index is 11.9. The Kier molecular flexibility index (Phi) is 4.28. The lowest BCUT2D eigenvalue weighted by molar-refractivity contribution is -0.127. The van der Waals surface area contributed by atoms with E-state index in [9.17, 15) is 4.79 Å². The van der Waals surface area contributed by atoms with Gasteiger partial charge in [0, 0.05) is 13.2 Å². The molecule has 0 aromatic rings. The van der Waals surface area contributed by atoms with E-state index in [1.807, 2.05) is 0 Å². The first kappa shape index (κ1) is 13.8.